The second kappa shape index (κ2) is 8.50. The van der Waals surface area contributed by atoms with Crippen LogP contribution in [0.25, 0.3) is 0 Å². The van der Waals surface area contributed by atoms with Gasteiger partial charge in [-0.2, -0.15) is 0 Å². The van der Waals surface area contributed by atoms with Crippen molar-refractivity contribution in [1.29, 1.82) is 0 Å². The monoisotopic (exact) mass is 364 g/mol. The molecule has 128 valence electrons. The van der Waals surface area contributed by atoms with Gasteiger partial charge in [-0.1, -0.05) is 67.8 Å². The van der Waals surface area contributed by atoms with Crippen LogP contribution in [0, 0.1) is 0 Å². The molecule has 0 aliphatic carbocycles. The number of ether oxygens (including phenoxy) is 1. The van der Waals surface area contributed by atoms with Gasteiger partial charge in [-0.25, -0.2) is 0 Å². The largest absolute Gasteiger partial charge is 0.496 e. The van der Waals surface area contributed by atoms with Crippen LogP contribution in [0.2, 0.25) is 5.02 Å². The lowest BCUT2D eigenvalue weighted by atomic mass is 10.2. The van der Waals surface area contributed by atoms with Crippen LogP contribution in [0.1, 0.15) is 36.5 Å². The molecular formula is C19H22ClO3P. The van der Waals surface area contributed by atoms with Crippen LogP contribution in [0.4, 0.5) is 0 Å². The second-order valence-corrected chi connectivity index (χ2v) is 8.88. The first kappa shape index (κ1) is 18.8. The molecule has 0 heterocycles. The zero-order valence-electron chi connectivity index (χ0n) is 14.0. The Morgan fingerprint density at radius 3 is 2.42 bits per heavy atom. The molecule has 1 atom stereocenters. The number of unbranched alkanes of at least 4 members (excludes halogenated alkanes) is 2. The molecule has 2 aromatic carbocycles. The van der Waals surface area contributed by atoms with Crippen molar-refractivity contribution in [2.75, 3.05) is 13.3 Å². The van der Waals surface area contributed by atoms with E-state index in [1.165, 1.54) is 7.11 Å². The zero-order valence-corrected chi connectivity index (χ0v) is 15.6. The smallest absolute Gasteiger partial charge is 0.230 e. The van der Waals surface area contributed by atoms with Gasteiger partial charge in [0.05, 0.1) is 17.7 Å². The van der Waals surface area contributed by atoms with Crippen LogP contribution in [0.3, 0.4) is 0 Å². The predicted molar refractivity (Wildman–Crippen MR) is 100 cm³/mol. The molecular weight excluding hydrogens is 343 g/mol. The van der Waals surface area contributed by atoms with Gasteiger partial charge in [-0.05, 0) is 18.6 Å². The Bertz CT molecular complexity index is 744. The summed E-state index contributed by atoms with van der Waals surface area (Å²) in [4.78, 5) is 13.2. The van der Waals surface area contributed by atoms with Crippen molar-refractivity contribution < 1.29 is 14.1 Å². The van der Waals surface area contributed by atoms with Gasteiger partial charge in [0.1, 0.15) is 5.75 Å². The van der Waals surface area contributed by atoms with E-state index in [1.807, 2.05) is 6.07 Å². The number of benzene rings is 2. The van der Waals surface area contributed by atoms with E-state index in [1.54, 1.807) is 42.5 Å². The minimum absolute atomic E-state index is 0.213. The van der Waals surface area contributed by atoms with E-state index in [2.05, 4.69) is 6.92 Å². The fraction of sp³-hybridized carbons (Fsp3) is 0.316. The topological polar surface area (TPSA) is 43.4 Å². The Labute approximate surface area is 148 Å². The second-order valence-electron chi connectivity index (χ2n) is 5.63. The molecule has 0 saturated heterocycles. The number of carbonyl (C=O) groups excluding carboxylic acids is 1. The van der Waals surface area contributed by atoms with Crippen molar-refractivity contribution in [1.82, 2.24) is 0 Å². The maximum atomic E-state index is 13.7. The lowest BCUT2D eigenvalue weighted by Gasteiger charge is -2.19. The first-order valence-corrected chi connectivity index (χ1v) is 10.3. The summed E-state index contributed by atoms with van der Waals surface area (Å²) in [6, 6.07) is 14.0. The highest BCUT2D eigenvalue weighted by Crippen LogP contribution is 2.51. The van der Waals surface area contributed by atoms with Crippen molar-refractivity contribution in [3.8, 4) is 5.75 Å². The molecule has 0 aliphatic heterocycles. The van der Waals surface area contributed by atoms with Crippen molar-refractivity contribution in [2.45, 2.75) is 26.2 Å². The molecule has 0 amide bonds. The standard InChI is InChI=1S/C19H22ClO3P/c1-3-4-8-14-24(22,15-10-6-5-7-11-15)19(21)18-16(20)12-9-13-17(18)23-2/h5-7,9-13H,3-4,8,14H2,1-2H3. The summed E-state index contributed by atoms with van der Waals surface area (Å²) in [5, 5.41) is 0.846. The van der Waals surface area contributed by atoms with Crippen molar-refractivity contribution >= 4 is 29.6 Å². The van der Waals surface area contributed by atoms with E-state index in [-0.39, 0.29) is 10.6 Å². The van der Waals surface area contributed by atoms with E-state index >= 15 is 0 Å². The quantitative estimate of drug-likeness (QED) is 0.467. The van der Waals surface area contributed by atoms with Gasteiger partial charge in [0, 0.05) is 11.5 Å². The number of halogens is 1. The summed E-state index contributed by atoms with van der Waals surface area (Å²) < 4.78 is 19.0. The lowest BCUT2D eigenvalue weighted by molar-refractivity contribution is 0.107. The highest BCUT2D eigenvalue weighted by Gasteiger charge is 2.36. The molecule has 0 fully saturated rings. The van der Waals surface area contributed by atoms with Gasteiger partial charge in [0.15, 0.2) is 7.14 Å². The fourth-order valence-electron chi connectivity index (χ4n) is 2.66. The number of methoxy groups -OCH3 is 1. The maximum Gasteiger partial charge on any atom is 0.230 e. The highest BCUT2D eigenvalue weighted by atomic mass is 35.5. The molecule has 0 aliphatic rings. The van der Waals surface area contributed by atoms with E-state index in [9.17, 15) is 9.36 Å². The Morgan fingerprint density at radius 1 is 1.08 bits per heavy atom. The molecule has 24 heavy (non-hydrogen) atoms. The molecule has 3 nitrogen and oxygen atoms in total. The minimum atomic E-state index is -3.28. The number of hydrogen-bond donors (Lipinski definition) is 0. The summed E-state index contributed by atoms with van der Waals surface area (Å²) in [5.41, 5.74) is -0.211. The minimum Gasteiger partial charge on any atom is -0.496 e. The van der Waals surface area contributed by atoms with Gasteiger partial charge in [-0.15, -0.1) is 0 Å². The Balaban J connectivity index is 2.52. The van der Waals surface area contributed by atoms with E-state index in [4.69, 9.17) is 16.3 Å². The van der Waals surface area contributed by atoms with Gasteiger partial charge in [0.25, 0.3) is 0 Å². The molecule has 1 unspecified atom stereocenters. The van der Waals surface area contributed by atoms with Crippen molar-refractivity contribution in [2.24, 2.45) is 0 Å². The van der Waals surface area contributed by atoms with Crippen LogP contribution in [0.5, 0.6) is 5.75 Å². The molecule has 0 saturated carbocycles. The molecule has 0 N–H and O–H groups in total. The van der Waals surface area contributed by atoms with Gasteiger partial charge in [0.2, 0.25) is 5.52 Å². The zero-order chi connectivity index (χ0) is 17.6. The Hall–Kier alpha value is -1.57. The molecule has 5 heteroatoms. The highest BCUT2D eigenvalue weighted by molar-refractivity contribution is 7.87. The summed E-state index contributed by atoms with van der Waals surface area (Å²) >= 11 is 6.24. The number of rotatable bonds is 8. The molecule has 2 aromatic rings. The number of carbonyl (C=O) groups is 1. The Morgan fingerprint density at radius 2 is 1.79 bits per heavy atom. The van der Waals surface area contributed by atoms with E-state index < -0.39 is 12.7 Å². The average Bonchev–Trinajstić information content (AvgIpc) is 2.61. The normalized spacial score (nSPS) is 13.3. The summed E-state index contributed by atoms with van der Waals surface area (Å²) in [5.74, 6) is 0.360. The first-order valence-electron chi connectivity index (χ1n) is 8.06. The van der Waals surface area contributed by atoms with Gasteiger partial charge >= 0.3 is 0 Å². The van der Waals surface area contributed by atoms with Crippen molar-refractivity contribution in [3.63, 3.8) is 0 Å². The van der Waals surface area contributed by atoms with E-state index in [0.29, 0.717) is 17.2 Å². The maximum absolute atomic E-state index is 13.7. The molecule has 0 radical (unpaired) electrons. The lowest BCUT2D eigenvalue weighted by Crippen LogP contribution is -2.17. The summed E-state index contributed by atoms with van der Waals surface area (Å²) in [6.07, 6.45) is 3.02. The summed E-state index contributed by atoms with van der Waals surface area (Å²) in [6.45, 7) is 2.08. The first-order chi connectivity index (χ1) is 11.5. The average molecular weight is 365 g/mol. The van der Waals surface area contributed by atoms with Crippen LogP contribution in [-0.4, -0.2) is 18.8 Å². The van der Waals surface area contributed by atoms with Crippen LogP contribution in [0.15, 0.2) is 48.5 Å². The Kier molecular flexibility index (Phi) is 6.65. The van der Waals surface area contributed by atoms with Gasteiger partial charge in [-0.3, -0.25) is 4.79 Å². The summed E-state index contributed by atoms with van der Waals surface area (Å²) in [7, 11) is -1.81. The SMILES string of the molecule is CCCCCP(=O)(C(=O)c1c(Cl)cccc1OC)c1ccccc1. The van der Waals surface area contributed by atoms with Crippen molar-refractivity contribution in [3.05, 3.63) is 59.1 Å². The molecule has 2 rings (SSSR count). The molecule has 0 bridgehead atoms. The molecule has 0 spiro atoms. The van der Waals surface area contributed by atoms with E-state index in [0.717, 1.165) is 19.3 Å². The molecule has 0 aromatic heterocycles. The third-order valence-electron chi connectivity index (χ3n) is 3.99. The van der Waals surface area contributed by atoms with Crippen LogP contribution >= 0.6 is 18.7 Å². The number of hydrogen-bond acceptors (Lipinski definition) is 3. The third-order valence-corrected chi connectivity index (χ3v) is 7.26. The van der Waals surface area contributed by atoms with Gasteiger partial charge < -0.3 is 9.30 Å². The van der Waals surface area contributed by atoms with Crippen LogP contribution < -0.4 is 10.0 Å². The third kappa shape index (κ3) is 3.91. The predicted octanol–water partition coefficient (Wildman–Crippen LogP) is 5.37. The van der Waals surface area contributed by atoms with Crippen LogP contribution in [-0.2, 0) is 4.57 Å². The fourth-order valence-corrected chi connectivity index (χ4v) is 5.59.